The van der Waals surface area contributed by atoms with E-state index in [-0.39, 0.29) is 5.19 Å². The van der Waals surface area contributed by atoms with Crippen LogP contribution >= 0.6 is 11.3 Å². The van der Waals surface area contributed by atoms with Crippen molar-refractivity contribution in [3.8, 4) is 10.9 Å². The number of aromatic nitrogens is 1. The Hall–Kier alpha value is -1.56. The van der Waals surface area contributed by atoms with Gasteiger partial charge in [0.15, 0.2) is 5.69 Å². The van der Waals surface area contributed by atoms with Crippen molar-refractivity contribution >= 4 is 11.3 Å². The zero-order valence-electron chi connectivity index (χ0n) is 12.8. The monoisotopic (exact) mass is 319 g/mol. The topological polar surface area (TPSA) is 22.1 Å². The van der Waals surface area contributed by atoms with Crippen LogP contribution in [0.15, 0.2) is 29.6 Å². The van der Waals surface area contributed by atoms with E-state index in [1.165, 1.54) is 0 Å². The number of hydrogen-bond acceptors (Lipinski definition) is 3. The molecular weight excluding hydrogens is 299 g/mol. The molecule has 0 atom stereocenters. The van der Waals surface area contributed by atoms with E-state index in [1.807, 2.05) is 40.7 Å². The first-order chi connectivity index (χ1) is 9.95. The molecule has 0 aliphatic rings. The molecule has 0 aliphatic heterocycles. The Balaban J connectivity index is 0.000000921. The quantitative estimate of drug-likeness (QED) is 0.646. The maximum absolute atomic E-state index is 12.3. The lowest BCUT2D eigenvalue weighted by atomic mass is 10.2. The summed E-state index contributed by atoms with van der Waals surface area (Å²) in [5.41, 5.74) is 0.0419. The summed E-state index contributed by atoms with van der Waals surface area (Å²) in [6, 6.07) is 7.04. The summed E-state index contributed by atoms with van der Waals surface area (Å²) in [5.74, 6) is 0.480. The van der Waals surface area contributed by atoms with Crippen LogP contribution in [-0.2, 0) is 6.18 Å². The fourth-order valence-corrected chi connectivity index (χ4v) is 1.91. The number of thiazole rings is 1. The molecule has 0 saturated heterocycles. The number of alkyl halides is 3. The van der Waals surface area contributed by atoms with E-state index in [2.05, 4.69) is 4.98 Å². The van der Waals surface area contributed by atoms with E-state index < -0.39 is 11.9 Å². The molecule has 2 nitrogen and oxygen atoms in total. The van der Waals surface area contributed by atoms with Crippen molar-refractivity contribution in [2.24, 2.45) is 0 Å². The van der Waals surface area contributed by atoms with E-state index in [0.717, 1.165) is 22.3 Å². The van der Waals surface area contributed by atoms with Crippen molar-refractivity contribution in [1.29, 1.82) is 0 Å². The van der Waals surface area contributed by atoms with Crippen molar-refractivity contribution < 1.29 is 17.9 Å². The fourth-order valence-electron chi connectivity index (χ4n) is 1.21. The maximum atomic E-state index is 12.3. The summed E-state index contributed by atoms with van der Waals surface area (Å²) in [5, 5.41) is 0.924. The molecule has 0 radical (unpaired) electrons. The molecule has 0 spiro atoms. The number of hydrogen-bond donors (Lipinski definition) is 0. The van der Waals surface area contributed by atoms with E-state index in [0.29, 0.717) is 5.75 Å². The van der Waals surface area contributed by atoms with Crippen molar-refractivity contribution in [3.05, 3.63) is 40.9 Å². The van der Waals surface area contributed by atoms with Crippen LogP contribution in [0.1, 0.15) is 39.0 Å². The van der Waals surface area contributed by atoms with E-state index >= 15 is 0 Å². The molecule has 0 aliphatic carbocycles. The van der Waals surface area contributed by atoms with E-state index in [1.54, 1.807) is 18.2 Å². The Bertz CT molecular complexity index is 524. The minimum absolute atomic E-state index is 0.0112. The van der Waals surface area contributed by atoms with Gasteiger partial charge in [0.05, 0.1) is 0 Å². The molecule has 2 aromatic rings. The highest BCUT2D eigenvalue weighted by Gasteiger charge is 2.34. The van der Waals surface area contributed by atoms with Crippen molar-refractivity contribution in [2.75, 3.05) is 0 Å². The Labute approximate surface area is 127 Å². The molecule has 1 aromatic carbocycles. The minimum atomic E-state index is -4.43. The van der Waals surface area contributed by atoms with Gasteiger partial charge in [-0.15, -0.1) is 0 Å². The molecule has 0 amide bonds. The number of benzene rings is 1. The van der Waals surface area contributed by atoms with Gasteiger partial charge in [-0.2, -0.15) is 18.2 Å². The summed E-state index contributed by atoms with van der Waals surface area (Å²) in [7, 11) is 0. The highest BCUT2D eigenvalue weighted by Crippen LogP contribution is 2.34. The third kappa shape index (κ3) is 6.62. The largest absolute Gasteiger partial charge is 0.434 e. The second-order valence-corrected chi connectivity index (χ2v) is 4.24. The molecule has 6 heteroatoms. The Morgan fingerprint density at radius 3 is 2.19 bits per heavy atom. The fraction of sp³-hybridized carbons (Fsp3) is 0.400. The van der Waals surface area contributed by atoms with Crippen LogP contribution in [0.4, 0.5) is 13.2 Å². The summed E-state index contributed by atoms with van der Waals surface area (Å²) in [6.07, 6.45) is -4.43. The van der Waals surface area contributed by atoms with Crippen LogP contribution in [0.2, 0.25) is 0 Å². The first-order valence-corrected chi connectivity index (χ1v) is 7.60. The summed E-state index contributed by atoms with van der Waals surface area (Å²) in [4.78, 5) is 3.38. The van der Waals surface area contributed by atoms with Gasteiger partial charge in [-0.1, -0.05) is 51.2 Å². The van der Waals surface area contributed by atoms with Crippen LogP contribution in [-0.4, -0.2) is 4.98 Å². The number of halogens is 3. The smallest absolute Gasteiger partial charge is 0.431 e. The molecule has 0 N–H and O–H groups in total. The first-order valence-electron chi connectivity index (χ1n) is 6.72. The van der Waals surface area contributed by atoms with Gasteiger partial charge in [-0.25, -0.2) is 0 Å². The highest BCUT2D eigenvalue weighted by molar-refractivity contribution is 7.11. The van der Waals surface area contributed by atoms with Crippen LogP contribution < -0.4 is 4.74 Å². The van der Waals surface area contributed by atoms with Gasteiger partial charge in [0.2, 0.25) is 0 Å². The van der Waals surface area contributed by atoms with Gasteiger partial charge < -0.3 is 4.74 Å². The second-order valence-electron chi connectivity index (χ2n) is 3.41. The predicted molar refractivity (Wildman–Crippen MR) is 81.1 cm³/mol. The molecule has 118 valence electrons. The van der Waals surface area contributed by atoms with Gasteiger partial charge in [-0.05, 0) is 24.6 Å². The highest BCUT2D eigenvalue weighted by atomic mass is 32.1. The lowest BCUT2D eigenvalue weighted by Gasteiger charge is -2.02. The van der Waals surface area contributed by atoms with Crippen molar-refractivity contribution in [1.82, 2.24) is 4.98 Å². The molecule has 2 rings (SSSR count). The average Bonchev–Trinajstić information content (AvgIpc) is 2.92. The predicted octanol–water partition coefficient (Wildman–Crippen LogP) is 6.32. The third-order valence-corrected chi connectivity index (χ3v) is 2.69. The second kappa shape index (κ2) is 9.39. The zero-order chi connectivity index (χ0) is 16.5. The molecule has 1 heterocycles. The lowest BCUT2D eigenvalue weighted by molar-refractivity contribution is -0.140. The zero-order valence-corrected chi connectivity index (χ0v) is 13.6. The Morgan fingerprint density at radius 1 is 1.10 bits per heavy atom. The minimum Gasteiger partial charge on any atom is -0.431 e. The van der Waals surface area contributed by atoms with Crippen molar-refractivity contribution in [3.63, 3.8) is 0 Å². The summed E-state index contributed by atoms with van der Waals surface area (Å²) < 4.78 is 42.1. The third-order valence-electron chi connectivity index (χ3n) is 1.97. The molecule has 1 aromatic heterocycles. The van der Waals surface area contributed by atoms with Crippen LogP contribution in [0, 0.1) is 6.92 Å². The van der Waals surface area contributed by atoms with Gasteiger partial charge in [0, 0.05) is 5.38 Å². The van der Waals surface area contributed by atoms with Crippen LogP contribution in [0.3, 0.4) is 0 Å². The molecule has 21 heavy (non-hydrogen) atoms. The molecule has 0 saturated carbocycles. The Morgan fingerprint density at radius 2 is 1.71 bits per heavy atom. The first kappa shape index (κ1) is 19.4. The summed E-state index contributed by atoms with van der Waals surface area (Å²) >= 11 is 0.824. The summed E-state index contributed by atoms with van der Waals surface area (Å²) in [6.45, 7) is 9.87. The van der Waals surface area contributed by atoms with Crippen molar-refractivity contribution in [2.45, 2.75) is 40.8 Å². The standard InChI is InChI=1S/C11H8F3NOS.2C2H6/c1-7-3-2-4-8(5-7)16-10-15-9(6-17-10)11(12,13)14;2*1-2/h2-6H,1H3;2*1-2H3. The van der Waals surface area contributed by atoms with Gasteiger partial charge in [0.1, 0.15) is 5.75 Å². The van der Waals surface area contributed by atoms with Gasteiger partial charge >= 0.3 is 6.18 Å². The number of aryl methyl sites for hydroxylation is 1. The molecular formula is C15H20F3NOS. The van der Waals surface area contributed by atoms with Crippen LogP contribution in [0.25, 0.3) is 0 Å². The van der Waals surface area contributed by atoms with Gasteiger partial charge in [0.25, 0.3) is 5.19 Å². The number of nitrogens with zero attached hydrogens (tertiary/aromatic N) is 1. The molecule has 0 unspecified atom stereocenters. The van der Waals surface area contributed by atoms with E-state index in [9.17, 15) is 13.2 Å². The Kier molecular flexibility index (Phi) is 8.69. The normalized spacial score (nSPS) is 9.90. The average molecular weight is 319 g/mol. The number of ether oxygens (including phenoxy) is 1. The SMILES string of the molecule is CC.CC.Cc1cccc(Oc2nc(C(F)(F)F)cs2)c1. The van der Waals surface area contributed by atoms with E-state index in [4.69, 9.17) is 4.74 Å². The number of rotatable bonds is 2. The molecule has 0 fully saturated rings. The molecule has 0 bridgehead atoms. The van der Waals surface area contributed by atoms with Gasteiger partial charge in [-0.3, -0.25) is 0 Å². The maximum Gasteiger partial charge on any atom is 0.434 e. The van der Waals surface area contributed by atoms with Crippen LogP contribution in [0.5, 0.6) is 10.9 Å². The lowest BCUT2D eigenvalue weighted by Crippen LogP contribution is -2.04.